The first-order valence-corrected chi connectivity index (χ1v) is 5.11. The molecule has 0 saturated carbocycles. The van der Waals surface area contributed by atoms with Gasteiger partial charge < -0.3 is 11.1 Å². The zero-order valence-corrected chi connectivity index (χ0v) is 9.34. The third-order valence-corrected chi connectivity index (χ3v) is 2.16. The van der Waals surface area contributed by atoms with Gasteiger partial charge in [-0.25, -0.2) is 4.98 Å². The predicted octanol–water partition coefficient (Wildman–Crippen LogP) is 1.62. The number of nitrogens with zero attached hydrogens (tertiary/aromatic N) is 2. The van der Waals surface area contributed by atoms with Gasteiger partial charge in [-0.05, 0) is 25.1 Å². The van der Waals surface area contributed by atoms with Crippen LogP contribution in [0.4, 0.5) is 11.4 Å². The molecule has 1 heterocycles. The fourth-order valence-electron chi connectivity index (χ4n) is 1.32. The summed E-state index contributed by atoms with van der Waals surface area (Å²) in [5, 5.41) is 2.70. The second-order valence-corrected chi connectivity index (χ2v) is 3.62. The Hall–Kier alpha value is -2.43. The van der Waals surface area contributed by atoms with E-state index in [4.69, 9.17) is 5.73 Å². The first-order valence-electron chi connectivity index (χ1n) is 5.11. The molecule has 2 rings (SSSR count). The SMILES string of the molecule is Cc1cnc(C(=O)Nc2cccc(N)c2)cn1. The zero-order valence-electron chi connectivity index (χ0n) is 9.34. The minimum atomic E-state index is -0.303. The lowest BCUT2D eigenvalue weighted by molar-refractivity contribution is 0.102. The van der Waals surface area contributed by atoms with Crippen molar-refractivity contribution < 1.29 is 4.79 Å². The lowest BCUT2D eigenvalue weighted by Gasteiger charge is -2.05. The number of aromatic nitrogens is 2. The van der Waals surface area contributed by atoms with Crippen LogP contribution in [0.5, 0.6) is 0 Å². The molecule has 5 nitrogen and oxygen atoms in total. The molecule has 1 amide bonds. The minimum Gasteiger partial charge on any atom is -0.399 e. The molecule has 0 aliphatic heterocycles. The molecule has 0 bridgehead atoms. The predicted molar refractivity (Wildman–Crippen MR) is 65.6 cm³/mol. The van der Waals surface area contributed by atoms with Gasteiger partial charge in [-0.2, -0.15) is 0 Å². The average molecular weight is 228 g/mol. The van der Waals surface area contributed by atoms with E-state index in [1.54, 1.807) is 30.5 Å². The molecule has 0 aliphatic carbocycles. The topological polar surface area (TPSA) is 80.9 Å². The summed E-state index contributed by atoms with van der Waals surface area (Å²) in [4.78, 5) is 19.8. The number of hydrogen-bond donors (Lipinski definition) is 2. The van der Waals surface area contributed by atoms with Crippen LogP contribution in [0.2, 0.25) is 0 Å². The number of nitrogens with two attached hydrogens (primary N) is 1. The maximum absolute atomic E-state index is 11.8. The summed E-state index contributed by atoms with van der Waals surface area (Å²) in [7, 11) is 0. The lowest BCUT2D eigenvalue weighted by Crippen LogP contribution is -2.14. The van der Waals surface area contributed by atoms with Gasteiger partial charge in [-0.3, -0.25) is 9.78 Å². The van der Waals surface area contributed by atoms with E-state index < -0.39 is 0 Å². The van der Waals surface area contributed by atoms with Crippen LogP contribution in [-0.4, -0.2) is 15.9 Å². The quantitative estimate of drug-likeness (QED) is 0.765. The number of amides is 1. The highest BCUT2D eigenvalue weighted by molar-refractivity contribution is 6.02. The van der Waals surface area contributed by atoms with Crippen LogP contribution in [0.25, 0.3) is 0 Å². The Balaban J connectivity index is 2.14. The largest absolute Gasteiger partial charge is 0.399 e. The first kappa shape index (κ1) is 11.1. The van der Waals surface area contributed by atoms with Gasteiger partial charge >= 0.3 is 0 Å². The van der Waals surface area contributed by atoms with Crippen molar-refractivity contribution in [1.29, 1.82) is 0 Å². The molecule has 5 heteroatoms. The first-order chi connectivity index (χ1) is 8.15. The molecule has 0 radical (unpaired) electrons. The highest BCUT2D eigenvalue weighted by atomic mass is 16.1. The number of nitrogens with one attached hydrogen (secondary N) is 1. The Kier molecular flexibility index (Phi) is 3.00. The van der Waals surface area contributed by atoms with Crippen molar-refractivity contribution in [3.63, 3.8) is 0 Å². The molecule has 0 atom stereocenters. The van der Waals surface area contributed by atoms with Gasteiger partial charge in [0.25, 0.3) is 5.91 Å². The van der Waals surface area contributed by atoms with Gasteiger partial charge in [0.2, 0.25) is 0 Å². The third-order valence-electron chi connectivity index (χ3n) is 2.16. The van der Waals surface area contributed by atoms with Crippen LogP contribution < -0.4 is 11.1 Å². The van der Waals surface area contributed by atoms with Crippen LogP contribution in [0.3, 0.4) is 0 Å². The van der Waals surface area contributed by atoms with E-state index in [9.17, 15) is 4.79 Å². The molecule has 0 saturated heterocycles. The number of hydrogen-bond acceptors (Lipinski definition) is 4. The number of anilines is 2. The standard InChI is InChI=1S/C12H12N4O/c1-8-6-15-11(7-14-8)12(17)16-10-4-2-3-9(13)5-10/h2-7H,13H2,1H3,(H,16,17). The third kappa shape index (κ3) is 2.78. The molecule has 0 fully saturated rings. The molecule has 0 aliphatic rings. The van der Waals surface area contributed by atoms with E-state index in [2.05, 4.69) is 15.3 Å². The van der Waals surface area contributed by atoms with Crippen molar-refractivity contribution >= 4 is 17.3 Å². The van der Waals surface area contributed by atoms with E-state index in [1.165, 1.54) is 6.20 Å². The fourth-order valence-corrected chi connectivity index (χ4v) is 1.32. The summed E-state index contributed by atoms with van der Waals surface area (Å²) < 4.78 is 0. The summed E-state index contributed by atoms with van der Waals surface area (Å²) >= 11 is 0. The normalized spacial score (nSPS) is 9.94. The number of nitrogen functional groups attached to an aromatic ring is 1. The lowest BCUT2D eigenvalue weighted by atomic mass is 10.2. The summed E-state index contributed by atoms with van der Waals surface area (Å²) in [6.07, 6.45) is 2.99. The van der Waals surface area contributed by atoms with Crippen molar-refractivity contribution in [3.8, 4) is 0 Å². The van der Waals surface area contributed by atoms with E-state index in [-0.39, 0.29) is 11.6 Å². The highest BCUT2D eigenvalue weighted by Crippen LogP contribution is 2.12. The maximum atomic E-state index is 11.8. The van der Waals surface area contributed by atoms with Gasteiger partial charge in [0.1, 0.15) is 5.69 Å². The van der Waals surface area contributed by atoms with Crippen LogP contribution in [0.1, 0.15) is 16.2 Å². The van der Waals surface area contributed by atoms with Gasteiger partial charge in [-0.15, -0.1) is 0 Å². The molecule has 17 heavy (non-hydrogen) atoms. The van der Waals surface area contributed by atoms with Crippen molar-refractivity contribution in [2.45, 2.75) is 6.92 Å². The van der Waals surface area contributed by atoms with Crippen LogP contribution in [-0.2, 0) is 0 Å². The number of aryl methyl sites for hydroxylation is 1. The van der Waals surface area contributed by atoms with Crippen molar-refractivity contribution in [2.75, 3.05) is 11.1 Å². The number of carbonyl (C=O) groups is 1. The Morgan fingerprint density at radius 2 is 2.12 bits per heavy atom. The second kappa shape index (κ2) is 4.61. The van der Waals surface area contributed by atoms with E-state index in [0.29, 0.717) is 11.4 Å². The Bertz CT molecular complexity index is 536. The molecule has 1 aromatic carbocycles. The van der Waals surface area contributed by atoms with Crippen LogP contribution >= 0.6 is 0 Å². The van der Waals surface area contributed by atoms with Gasteiger partial charge in [-0.1, -0.05) is 6.07 Å². The van der Waals surface area contributed by atoms with Gasteiger partial charge in [0, 0.05) is 17.6 Å². The number of rotatable bonds is 2. The van der Waals surface area contributed by atoms with Crippen molar-refractivity contribution in [1.82, 2.24) is 9.97 Å². The fraction of sp³-hybridized carbons (Fsp3) is 0.0833. The molecular formula is C12H12N4O. The molecule has 0 spiro atoms. The highest BCUT2D eigenvalue weighted by Gasteiger charge is 2.07. The molecular weight excluding hydrogens is 216 g/mol. The van der Waals surface area contributed by atoms with Crippen molar-refractivity contribution in [3.05, 3.63) is 48.0 Å². The number of carbonyl (C=O) groups excluding carboxylic acids is 1. The van der Waals surface area contributed by atoms with E-state index in [0.717, 1.165) is 5.69 Å². The Labute approximate surface area is 98.7 Å². The molecule has 86 valence electrons. The molecule has 0 unspecified atom stereocenters. The summed E-state index contributed by atoms with van der Waals surface area (Å²) in [6.45, 7) is 1.81. The summed E-state index contributed by atoms with van der Waals surface area (Å²) in [5.74, 6) is -0.303. The van der Waals surface area contributed by atoms with E-state index >= 15 is 0 Å². The summed E-state index contributed by atoms with van der Waals surface area (Å²) in [5.41, 5.74) is 7.89. The monoisotopic (exact) mass is 228 g/mol. The van der Waals surface area contributed by atoms with E-state index in [1.807, 2.05) is 6.92 Å². The zero-order chi connectivity index (χ0) is 12.3. The summed E-state index contributed by atoms with van der Waals surface area (Å²) in [6, 6.07) is 6.96. The Morgan fingerprint density at radius 3 is 2.76 bits per heavy atom. The molecule has 1 aromatic heterocycles. The van der Waals surface area contributed by atoms with Gasteiger partial charge in [0.15, 0.2) is 0 Å². The smallest absolute Gasteiger partial charge is 0.275 e. The second-order valence-electron chi connectivity index (χ2n) is 3.62. The Morgan fingerprint density at radius 1 is 1.29 bits per heavy atom. The van der Waals surface area contributed by atoms with Crippen molar-refractivity contribution in [2.24, 2.45) is 0 Å². The number of benzene rings is 1. The van der Waals surface area contributed by atoms with Crippen LogP contribution in [0, 0.1) is 6.92 Å². The molecule has 3 N–H and O–H groups in total. The molecule has 2 aromatic rings. The average Bonchev–Trinajstić information content (AvgIpc) is 2.29. The minimum absolute atomic E-state index is 0.276. The van der Waals surface area contributed by atoms with Gasteiger partial charge in [0.05, 0.1) is 11.9 Å². The van der Waals surface area contributed by atoms with Crippen LogP contribution in [0.15, 0.2) is 36.7 Å². The maximum Gasteiger partial charge on any atom is 0.275 e.